The first-order valence-corrected chi connectivity index (χ1v) is 16.7. The van der Waals surface area contributed by atoms with Gasteiger partial charge >= 0.3 is 0 Å². The molecule has 0 atom stereocenters. The first kappa shape index (κ1) is 29.2. The molecule has 0 aliphatic rings. The van der Waals surface area contributed by atoms with Gasteiger partial charge in [-0.05, 0) is 86.1 Å². The van der Waals surface area contributed by atoms with Gasteiger partial charge in [0, 0.05) is 27.6 Å². The molecule has 9 rings (SSSR count). The molecule has 0 N–H and O–H groups in total. The van der Waals surface area contributed by atoms with E-state index >= 15 is 0 Å². The summed E-state index contributed by atoms with van der Waals surface area (Å²) < 4.78 is 2.30. The zero-order chi connectivity index (χ0) is 33.6. The Kier molecular flexibility index (Phi) is 6.98. The van der Waals surface area contributed by atoms with Crippen molar-refractivity contribution < 1.29 is 0 Å². The number of nitriles is 1. The topological polar surface area (TPSA) is 33.1 Å². The Balaban J connectivity index is 1.29. The second-order valence-corrected chi connectivity index (χ2v) is 12.7. The number of para-hydroxylation sites is 2. The van der Waals surface area contributed by atoms with E-state index in [1.165, 1.54) is 49.0 Å². The van der Waals surface area contributed by atoms with Crippen LogP contribution in [0.2, 0.25) is 0 Å². The van der Waals surface area contributed by atoms with Crippen LogP contribution in [0.4, 0.5) is 5.69 Å². The third kappa shape index (κ3) is 4.65. The maximum atomic E-state index is 10.6. The van der Waals surface area contributed by atoms with Gasteiger partial charge in [-0.25, -0.2) is 4.85 Å². The van der Waals surface area contributed by atoms with Crippen molar-refractivity contribution in [2.45, 2.75) is 6.42 Å². The molecule has 9 aromatic rings. The fraction of sp³-hybridized carbons (Fsp3) is 0.0213. The molecule has 8 aromatic carbocycles. The standard InChI is InChI=1S/C47H29N3/c1-49-35-26-33(29-43-37-18-5-7-22-41(37)47(31-14-3-2-4-15-31)42-23-8-6-19-38(42)43)46(34(27-35)30-48)32-16-13-17-36(28-32)50-44-24-11-9-20-39(44)40-21-10-12-25-45(40)50/h2-28H,29H2. The zero-order valence-electron chi connectivity index (χ0n) is 27.1. The fourth-order valence-corrected chi connectivity index (χ4v) is 7.84. The van der Waals surface area contributed by atoms with E-state index in [1.807, 2.05) is 6.07 Å². The number of hydrogen-bond acceptors (Lipinski definition) is 1. The van der Waals surface area contributed by atoms with E-state index < -0.39 is 0 Å². The van der Waals surface area contributed by atoms with Crippen LogP contribution in [0.25, 0.3) is 76.1 Å². The minimum atomic E-state index is 0.466. The predicted octanol–water partition coefficient (Wildman–Crippen LogP) is 12.4. The molecule has 0 saturated heterocycles. The van der Waals surface area contributed by atoms with Gasteiger partial charge < -0.3 is 4.57 Å². The van der Waals surface area contributed by atoms with Gasteiger partial charge in [0.15, 0.2) is 5.69 Å². The minimum absolute atomic E-state index is 0.466. The van der Waals surface area contributed by atoms with Gasteiger partial charge in [0.05, 0.1) is 23.7 Å². The molecule has 232 valence electrons. The highest BCUT2D eigenvalue weighted by Gasteiger charge is 2.20. The van der Waals surface area contributed by atoms with E-state index in [0.717, 1.165) is 33.4 Å². The van der Waals surface area contributed by atoms with E-state index in [1.54, 1.807) is 6.07 Å². The molecule has 3 nitrogen and oxygen atoms in total. The molecule has 50 heavy (non-hydrogen) atoms. The second kappa shape index (κ2) is 11.9. The van der Waals surface area contributed by atoms with E-state index in [2.05, 4.69) is 167 Å². The van der Waals surface area contributed by atoms with Gasteiger partial charge in [0.2, 0.25) is 0 Å². The Labute approximate surface area is 290 Å². The van der Waals surface area contributed by atoms with Crippen LogP contribution in [-0.4, -0.2) is 4.57 Å². The monoisotopic (exact) mass is 635 g/mol. The van der Waals surface area contributed by atoms with Gasteiger partial charge in [0.25, 0.3) is 0 Å². The first-order chi connectivity index (χ1) is 24.7. The third-order valence-corrected chi connectivity index (χ3v) is 9.90. The number of nitrogens with zero attached hydrogens (tertiary/aromatic N) is 3. The van der Waals surface area contributed by atoms with Crippen LogP contribution in [-0.2, 0) is 6.42 Å². The van der Waals surface area contributed by atoms with Crippen LogP contribution in [0.1, 0.15) is 16.7 Å². The molecule has 3 heteroatoms. The number of benzene rings is 8. The van der Waals surface area contributed by atoms with Crippen LogP contribution in [0, 0.1) is 17.9 Å². The Morgan fingerprint density at radius 1 is 0.520 bits per heavy atom. The summed E-state index contributed by atoms with van der Waals surface area (Å²) in [5.74, 6) is 0. The van der Waals surface area contributed by atoms with Gasteiger partial charge in [0.1, 0.15) is 0 Å². The lowest BCUT2D eigenvalue weighted by Crippen LogP contribution is -2.00. The fourth-order valence-electron chi connectivity index (χ4n) is 7.84. The van der Waals surface area contributed by atoms with Crippen molar-refractivity contribution in [1.82, 2.24) is 4.57 Å². The summed E-state index contributed by atoms with van der Waals surface area (Å²) in [6, 6.07) is 59.4. The molecule has 0 radical (unpaired) electrons. The zero-order valence-corrected chi connectivity index (χ0v) is 27.1. The Bertz CT molecular complexity index is 2750. The highest BCUT2D eigenvalue weighted by atomic mass is 15.0. The second-order valence-electron chi connectivity index (χ2n) is 12.7. The van der Waals surface area contributed by atoms with Crippen molar-refractivity contribution in [2.24, 2.45) is 0 Å². The lowest BCUT2D eigenvalue weighted by Gasteiger charge is -2.20. The van der Waals surface area contributed by atoms with E-state index in [-0.39, 0.29) is 0 Å². The maximum absolute atomic E-state index is 10.6. The lowest BCUT2D eigenvalue weighted by molar-refractivity contribution is 1.18. The summed E-state index contributed by atoms with van der Waals surface area (Å²) in [7, 11) is 0. The summed E-state index contributed by atoms with van der Waals surface area (Å²) in [6.45, 7) is 7.95. The quantitative estimate of drug-likeness (QED) is 0.137. The molecule has 0 fully saturated rings. The number of hydrogen-bond donors (Lipinski definition) is 0. The summed E-state index contributed by atoms with van der Waals surface area (Å²) in [4.78, 5) is 3.82. The van der Waals surface area contributed by atoms with Crippen molar-refractivity contribution >= 4 is 49.0 Å². The normalized spacial score (nSPS) is 11.2. The smallest absolute Gasteiger partial charge is 0.188 e. The van der Waals surface area contributed by atoms with E-state index in [0.29, 0.717) is 17.7 Å². The molecule has 0 spiro atoms. The molecule has 0 aliphatic heterocycles. The lowest BCUT2D eigenvalue weighted by atomic mass is 9.84. The first-order valence-electron chi connectivity index (χ1n) is 16.7. The Hall–Kier alpha value is -6.94. The van der Waals surface area contributed by atoms with Crippen molar-refractivity contribution in [3.05, 3.63) is 192 Å². The molecule has 0 bridgehead atoms. The van der Waals surface area contributed by atoms with Crippen LogP contribution in [0.15, 0.2) is 164 Å². The number of fused-ring (bicyclic) bond motifs is 5. The van der Waals surface area contributed by atoms with Crippen molar-refractivity contribution in [2.75, 3.05) is 0 Å². The molecular weight excluding hydrogens is 607 g/mol. The van der Waals surface area contributed by atoms with Gasteiger partial charge in [-0.2, -0.15) is 5.26 Å². The van der Waals surface area contributed by atoms with Crippen LogP contribution >= 0.6 is 0 Å². The molecule has 0 unspecified atom stereocenters. The number of rotatable bonds is 5. The Morgan fingerprint density at radius 3 is 1.66 bits per heavy atom. The van der Waals surface area contributed by atoms with Crippen molar-refractivity contribution in [1.29, 1.82) is 5.26 Å². The highest BCUT2D eigenvalue weighted by molar-refractivity contribution is 6.15. The largest absolute Gasteiger partial charge is 0.309 e. The Morgan fingerprint density at radius 2 is 1.06 bits per heavy atom. The summed E-state index contributed by atoms with van der Waals surface area (Å²) >= 11 is 0. The van der Waals surface area contributed by atoms with E-state index in [9.17, 15) is 5.26 Å². The summed E-state index contributed by atoms with van der Waals surface area (Å²) in [5, 5.41) is 17.7. The van der Waals surface area contributed by atoms with Crippen molar-refractivity contribution in [3.63, 3.8) is 0 Å². The van der Waals surface area contributed by atoms with Crippen LogP contribution < -0.4 is 0 Å². The maximum Gasteiger partial charge on any atom is 0.188 e. The molecule has 0 aliphatic carbocycles. The molecular formula is C47H29N3. The number of aromatic nitrogens is 1. The van der Waals surface area contributed by atoms with Crippen molar-refractivity contribution in [3.8, 4) is 34.0 Å². The highest BCUT2D eigenvalue weighted by Crippen LogP contribution is 2.42. The van der Waals surface area contributed by atoms with Crippen LogP contribution in [0.5, 0.6) is 0 Å². The molecule has 1 heterocycles. The average molecular weight is 636 g/mol. The van der Waals surface area contributed by atoms with Gasteiger partial charge in [-0.15, -0.1) is 0 Å². The summed E-state index contributed by atoms with van der Waals surface area (Å²) in [6.07, 6.45) is 0.559. The molecule has 0 amide bonds. The van der Waals surface area contributed by atoms with Gasteiger partial charge in [-0.3, -0.25) is 0 Å². The van der Waals surface area contributed by atoms with Gasteiger partial charge in [-0.1, -0.05) is 133 Å². The molecule has 1 aromatic heterocycles. The summed E-state index contributed by atoms with van der Waals surface area (Å²) in [5.41, 5.74) is 10.6. The van der Waals surface area contributed by atoms with Crippen LogP contribution in [0.3, 0.4) is 0 Å². The van der Waals surface area contributed by atoms with E-state index in [4.69, 9.17) is 6.57 Å². The minimum Gasteiger partial charge on any atom is -0.309 e. The SMILES string of the molecule is [C-]#[N+]c1cc(C#N)c(-c2cccc(-n3c4ccccc4c4ccccc43)c2)c(Cc2c3ccccc3c(-c3ccccc3)c3ccccc23)c1. The predicted molar refractivity (Wildman–Crippen MR) is 207 cm³/mol. The average Bonchev–Trinajstić information content (AvgIpc) is 3.52. The third-order valence-electron chi connectivity index (χ3n) is 9.90. The molecule has 0 saturated carbocycles.